The van der Waals surface area contributed by atoms with Crippen LogP contribution in [0.4, 0.5) is 11.5 Å². The summed E-state index contributed by atoms with van der Waals surface area (Å²) in [6.07, 6.45) is 0. The zero-order valence-corrected chi connectivity index (χ0v) is 11.7. The summed E-state index contributed by atoms with van der Waals surface area (Å²) < 4.78 is 5.34. The zero-order chi connectivity index (χ0) is 13.8. The van der Waals surface area contributed by atoms with Crippen LogP contribution in [0, 0.1) is 0 Å². The zero-order valence-electron chi connectivity index (χ0n) is 10.1. The summed E-state index contributed by atoms with van der Waals surface area (Å²) in [5.74, 6) is -0.0466. The maximum atomic E-state index is 11.4. The molecule has 2 heterocycles. The molecule has 2 aromatic heterocycles. The van der Waals surface area contributed by atoms with E-state index in [9.17, 15) is 4.79 Å². The molecule has 0 unspecified atom stereocenters. The average Bonchev–Trinajstić information content (AvgIpc) is 2.82. The molecule has 3 N–H and O–H groups in total. The number of esters is 1. The van der Waals surface area contributed by atoms with Gasteiger partial charge in [-0.1, -0.05) is 11.6 Å². The van der Waals surface area contributed by atoms with Gasteiger partial charge in [-0.2, -0.15) is 0 Å². The third kappa shape index (κ3) is 3.36. The van der Waals surface area contributed by atoms with Crippen molar-refractivity contribution in [1.29, 1.82) is 0 Å². The van der Waals surface area contributed by atoms with Crippen LogP contribution in [0.15, 0.2) is 24.3 Å². The minimum Gasteiger partial charge on any atom is -0.464 e. The predicted octanol–water partition coefficient (Wildman–Crippen LogP) is 2.78. The molecule has 2 rings (SSSR count). The Bertz CT molecular complexity index is 600. The van der Waals surface area contributed by atoms with Crippen molar-refractivity contribution < 1.29 is 9.53 Å². The Kier molecular flexibility index (Phi) is 4.24. The first-order valence-corrected chi connectivity index (χ1v) is 6.62. The maximum Gasteiger partial charge on any atom is 0.356 e. The molecule has 0 radical (unpaired) electrons. The van der Waals surface area contributed by atoms with Crippen molar-refractivity contribution in [2.45, 2.75) is 6.54 Å². The molecule has 100 valence electrons. The molecule has 0 fully saturated rings. The lowest BCUT2D eigenvalue weighted by Gasteiger charge is -2.08. The van der Waals surface area contributed by atoms with Crippen LogP contribution in [0.1, 0.15) is 15.4 Å². The first-order valence-electron chi connectivity index (χ1n) is 5.43. The molecule has 2 aromatic rings. The number of nitrogen functional groups attached to an aromatic ring is 1. The van der Waals surface area contributed by atoms with Gasteiger partial charge in [0.15, 0.2) is 11.5 Å². The van der Waals surface area contributed by atoms with Crippen molar-refractivity contribution in [3.63, 3.8) is 0 Å². The smallest absolute Gasteiger partial charge is 0.356 e. The van der Waals surface area contributed by atoms with Crippen molar-refractivity contribution in [3.8, 4) is 0 Å². The number of carbonyl (C=O) groups is 1. The molecular formula is C12H12ClN3O2S. The number of anilines is 2. The Hall–Kier alpha value is -1.79. The van der Waals surface area contributed by atoms with Crippen LogP contribution >= 0.6 is 22.9 Å². The summed E-state index contributed by atoms with van der Waals surface area (Å²) in [7, 11) is 1.31. The maximum absolute atomic E-state index is 11.4. The summed E-state index contributed by atoms with van der Waals surface area (Å²) in [5.41, 5.74) is 6.48. The van der Waals surface area contributed by atoms with Crippen LogP contribution < -0.4 is 11.1 Å². The van der Waals surface area contributed by atoms with Crippen molar-refractivity contribution in [3.05, 3.63) is 39.2 Å². The molecule has 0 aliphatic rings. The van der Waals surface area contributed by atoms with Gasteiger partial charge in [0.1, 0.15) is 0 Å². The van der Waals surface area contributed by atoms with E-state index in [1.54, 1.807) is 6.07 Å². The molecule has 7 heteroatoms. The van der Waals surface area contributed by atoms with E-state index in [1.165, 1.54) is 24.5 Å². The number of nitrogens with zero attached hydrogens (tertiary/aromatic N) is 1. The fourth-order valence-corrected chi connectivity index (χ4v) is 2.47. The molecule has 0 saturated carbocycles. The normalized spacial score (nSPS) is 10.2. The molecule has 0 saturated heterocycles. The number of rotatable bonds is 4. The van der Waals surface area contributed by atoms with E-state index in [1.807, 2.05) is 12.1 Å². The second-order valence-electron chi connectivity index (χ2n) is 3.69. The van der Waals surface area contributed by atoms with Crippen LogP contribution in [0.3, 0.4) is 0 Å². The fourth-order valence-electron chi connectivity index (χ4n) is 1.45. The lowest BCUT2D eigenvalue weighted by molar-refractivity contribution is 0.0594. The summed E-state index contributed by atoms with van der Waals surface area (Å²) in [6.45, 7) is 0.541. The Morgan fingerprint density at radius 2 is 2.26 bits per heavy atom. The molecule has 0 spiro atoms. The predicted molar refractivity (Wildman–Crippen MR) is 76.6 cm³/mol. The minimum absolute atomic E-state index is 0.211. The summed E-state index contributed by atoms with van der Waals surface area (Å²) in [6, 6.07) is 6.88. The van der Waals surface area contributed by atoms with Gasteiger partial charge in [0.05, 0.1) is 23.7 Å². The van der Waals surface area contributed by atoms with Gasteiger partial charge in [0.2, 0.25) is 0 Å². The van der Waals surface area contributed by atoms with Crippen molar-refractivity contribution in [2.75, 3.05) is 18.2 Å². The van der Waals surface area contributed by atoms with E-state index in [0.717, 1.165) is 9.21 Å². The number of methoxy groups -OCH3 is 1. The molecule has 0 aliphatic carbocycles. The highest BCUT2D eigenvalue weighted by Crippen LogP contribution is 2.23. The van der Waals surface area contributed by atoms with Gasteiger partial charge in [-0.25, -0.2) is 9.78 Å². The fraction of sp³-hybridized carbons (Fsp3) is 0.167. The van der Waals surface area contributed by atoms with Crippen LogP contribution in [0.2, 0.25) is 4.34 Å². The van der Waals surface area contributed by atoms with E-state index in [0.29, 0.717) is 18.1 Å². The molecule has 0 atom stereocenters. The van der Waals surface area contributed by atoms with Crippen LogP contribution in [-0.2, 0) is 11.3 Å². The molecule has 0 bridgehead atoms. The van der Waals surface area contributed by atoms with Crippen molar-refractivity contribution in [2.24, 2.45) is 0 Å². The molecule has 0 aromatic carbocycles. The second-order valence-corrected chi connectivity index (χ2v) is 5.48. The van der Waals surface area contributed by atoms with Crippen LogP contribution in [-0.4, -0.2) is 18.1 Å². The Morgan fingerprint density at radius 3 is 2.89 bits per heavy atom. The lowest BCUT2D eigenvalue weighted by atomic mass is 10.3. The number of aromatic nitrogens is 1. The first kappa shape index (κ1) is 13.6. The topological polar surface area (TPSA) is 77.2 Å². The van der Waals surface area contributed by atoms with Gasteiger partial charge in [0.25, 0.3) is 0 Å². The summed E-state index contributed by atoms with van der Waals surface area (Å²) in [5, 5.41) is 3.07. The number of ether oxygens (including phenoxy) is 1. The number of carbonyl (C=O) groups excluding carboxylic acids is 1. The third-order valence-electron chi connectivity index (χ3n) is 2.38. The minimum atomic E-state index is -0.498. The molecule has 0 aliphatic heterocycles. The Labute approximate surface area is 119 Å². The number of nitrogens with two attached hydrogens (primary N) is 1. The molecular weight excluding hydrogens is 286 g/mol. The Morgan fingerprint density at radius 1 is 1.47 bits per heavy atom. The third-order valence-corrected chi connectivity index (χ3v) is 3.61. The molecule has 5 nitrogen and oxygen atoms in total. The number of halogens is 1. The SMILES string of the molecule is COC(=O)c1ccc(N)c(NCc2ccc(Cl)s2)n1. The van der Waals surface area contributed by atoms with E-state index in [2.05, 4.69) is 15.0 Å². The van der Waals surface area contributed by atoms with Gasteiger partial charge in [-0.05, 0) is 24.3 Å². The van der Waals surface area contributed by atoms with E-state index >= 15 is 0 Å². The van der Waals surface area contributed by atoms with E-state index < -0.39 is 5.97 Å². The number of hydrogen-bond donors (Lipinski definition) is 2. The van der Waals surface area contributed by atoms with E-state index in [4.69, 9.17) is 17.3 Å². The highest BCUT2D eigenvalue weighted by molar-refractivity contribution is 7.16. The largest absolute Gasteiger partial charge is 0.464 e. The van der Waals surface area contributed by atoms with Crippen molar-refractivity contribution >= 4 is 40.4 Å². The summed E-state index contributed by atoms with van der Waals surface area (Å²) >= 11 is 7.32. The van der Waals surface area contributed by atoms with Gasteiger partial charge >= 0.3 is 5.97 Å². The van der Waals surface area contributed by atoms with E-state index in [-0.39, 0.29) is 5.69 Å². The number of hydrogen-bond acceptors (Lipinski definition) is 6. The number of pyridine rings is 1. The van der Waals surface area contributed by atoms with Crippen LogP contribution in [0.25, 0.3) is 0 Å². The van der Waals surface area contributed by atoms with Gasteiger partial charge in [-0.3, -0.25) is 0 Å². The number of nitrogens with one attached hydrogen (secondary N) is 1. The quantitative estimate of drug-likeness (QED) is 0.849. The first-order chi connectivity index (χ1) is 9.10. The van der Waals surface area contributed by atoms with Gasteiger partial charge in [-0.15, -0.1) is 11.3 Å². The second kappa shape index (κ2) is 5.90. The standard InChI is InChI=1S/C12H12ClN3O2S/c1-18-12(17)9-4-3-8(14)11(16-9)15-6-7-2-5-10(13)19-7/h2-5H,6,14H2,1H3,(H,15,16). The molecule has 0 amide bonds. The monoisotopic (exact) mass is 297 g/mol. The average molecular weight is 298 g/mol. The highest BCUT2D eigenvalue weighted by atomic mass is 35.5. The Balaban J connectivity index is 2.12. The van der Waals surface area contributed by atoms with Gasteiger partial charge in [0, 0.05) is 4.88 Å². The van der Waals surface area contributed by atoms with Gasteiger partial charge < -0.3 is 15.8 Å². The molecule has 19 heavy (non-hydrogen) atoms. The van der Waals surface area contributed by atoms with Crippen molar-refractivity contribution in [1.82, 2.24) is 4.98 Å². The number of thiophene rings is 1. The van der Waals surface area contributed by atoms with Crippen LogP contribution in [0.5, 0.6) is 0 Å². The lowest BCUT2D eigenvalue weighted by Crippen LogP contribution is -2.09. The summed E-state index contributed by atoms with van der Waals surface area (Å²) in [4.78, 5) is 16.6. The highest BCUT2D eigenvalue weighted by Gasteiger charge is 2.10.